The van der Waals surface area contributed by atoms with Crippen molar-refractivity contribution in [3.05, 3.63) is 11.4 Å². The zero-order valence-electron chi connectivity index (χ0n) is 12.6. The Kier molecular flexibility index (Phi) is 5.02. The molecule has 0 saturated heterocycles. The van der Waals surface area contributed by atoms with Crippen LogP contribution in [-0.4, -0.2) is 21.3 Å². The Hall–Kier alpha value is -0.770. The maximum Gasteiger partial charge on any atom is 0.134 e. The SMILES string of the molecule is CCNc1nc(C(C)C)nc(SC(C)(C)C)c1C. The molecule has 0 atom stereocenters. The summed E-state index contributed by atoms with van der Waals surface area (Å²) in [5.74, 6) is 2.24. The van der Waals surface area contributed by atoms with Crippen LogP contribution in [-0.2, 0) is 0 Å². The van der Waals surface area contributed by atoms with Gasteiger partial charge in [0.1, 0.15) is 16.7 Å². The van der Waals surface area contributed by atoms with Crippen LogP contribution in [0.1, 0.15) is 58.8 Å². The van der Waals surface area contributed by atoms with E-state index < -0.39 is 0 Å². The molecule has 0 fully saturated rings. The van der Waals surface area contributed by atoms with Crippen molar-refractivity contribution in [2.45, 2.75) is 64.2 Å². The zero-order valence-corrected chi connectivity index (χ0v) is 13.4. The molecule has 0 bridgehead atoms. The molecule has 1 aromatic rings. The van der Waals surface area contributed by atoms with Crippen molar-refractivity contribution < 1.29 is 0 Å². The molecule has 0 saturated carbocycles. The summed E-state index contributed by atoms with van der Waals surface area (Å²) in [5.41, 5.74) is 1.15. The van der Waals surface area contributed by atoms with Crippen molar-refractivity contribution in [2.75, 3.05) is 11.9 Å². The number of hydrogen-bond donors (Lipinski definition) is 1. The first-order valence-electron chi connectivity index (χ1n) is 6.56. The first kappa shape index (κ1) is 15.3. The largest absolute Gasteiger partial charge is 0.370 e. The molecule has 102 valence electrons. The molecule has 18 heavy (non-hydrogen) atoms. The summed E-state index contributed by atoms with van der Waals surface area (Å²) in [6.07, 6.45) is 0. The normalized spacial score (nSPS) is 12.0. The number of hydrogen-bond acceptors (Lipinski definition) is 4. The van der Waals surface area contributed by atoms with Crippen LogP contribution in [0.3, 0.4) is 0 Å². The van der Waals surface area contributed by atoms with Gasteiger partial charge < -0.3 is 5.32 Å². The van der Waals surface area contributed by atoms with E-state index in [0.29, 0.717) is 5.92 Å². The molecule has 0 radical (unpaired) electrons. The monoisotopic (exact) mass is 267 g/mol. The van der Waals surface area contributed by atoms with Crippen LogP contribution in [0.5, 0.6) is 0 Å². The minimum absolute atomic E-state index is 0.164. The highest BCUT2D eigenvalue weighted by molar-refractivity contribution is 8.00. The van der Waals surface area contributed by atoms with E-state index in [1.807, 2.05) is 11.8 Å². The van der Waals surface area contributed by atoms with Crippen molar-refractivity contribution in [1.29, 1.82) is 0 Å². The Labute approximate surface area is 115 Å². The lowest BCUT2D eigenvalue weighted by Crippen LogP contribution is -2.12. The van der Waals surface area contributed by atoms with Gasteiger partial charge in [-0.15, -0.1) is 11.8 Å². The van der Waals surface area contributed by atoms with E-state index in [2.05, 4.69) is 58.8 Å². The van der Waals surface area contributed by atoms with Gasteiger partial charge in [-0.25, -0.2) is 9.97 Å². The molecular formula is C14H25N3S. The average molecular weight is 267 g/mol. The van der Waals surface area contributed by atoms with Crippen LogP contribution in [0, 0.1) is 6.92 Å². The molecular weight excluding hydrogens is 242 g/mol. The first-order chi connectivity index (χ1) is 8.24. The van der Waals surface area contributed by atoms with Gasteiger partial charge in [0.05, 0.1) is 0 Å². The Morgan fingerprint density at radius 2 is 1.83 bits per heavy atom. The fourth-order valence-electron chi connectivity index (χ4n) is 1.50. The lowest BCUT2D eigenvalue weighted by Gasteiger charge is -2.20. The summed E-state index contributed by atoms with van der Waals surface area (Å²) in [4.78, 5) is 9.33. The first-order valence-corrected chi connectivity index (χ1v) is 7.37. The summed E-state index contributed by atoms with van der Waals surface area (Å²) in [6.45, 7) is 16.0. The molecule has 1 heterocycles. The molecule has 0 unspecified atom stereocenters. The van der Waals surface area contributed by atoms with E-state index in [1.165, 1.54) is 0 Å². The number of aromatic nitrogens is 2. The Balaban J connectivity index is 3.22. The van der Waals surface area contributed by atoms with Gasteiger partial charge in [-0.3, -0.25) is 0 Å². The van der Waals surface area contributed by atoms with Crippen LogP contribution >= 0.6 is 11.8 Å². The summed E-state index contributed by atoms with van der Waals surface area (Å²) in [5, 5.41) is 4.43. The third kappa shape index (κ3) is 4.16. The van der Waals surface area contributed by atoms with E-state index in [-0.39, 0.29) is 4.75 Å². The highest BCUT2D eigenvalue weighted by atomic mass is 32.2. The topological polar surface area (TPSA) is 37.8 Å². The van der Waals surface area contributed by atoms with Gasteiger partial charge in [0.2, 0.25) is 0 Å². The van der Waals surface area contributed by atoms with Gasteiger partial charge in [0.15, 0.2) is 0 Å². The molecule has 0 aliphatic carbocycles. The van der Waals surface area contributed by atoms with Crippen molar-refractivity contribution in [1.82, 2.24) is 9.97 Å². The van der Waals surface area contributed by atoms with E-state index >= 15 is 0 Å². The third-order valence-electron chi connectivity index (χ3n) is 2.38. The van der Waals surface area contributed by atoms with E-state index in [4.69, 9.17) is 4.98 Å². The Morgan fingerprint density at radius 1 is 1.22 bits per heavy atom. The standard InChI is InChI=1S/C14H25N3S/c1-8-15-12-10(4)13(18-14(5,6)7)17-11(16-12)9(2)3/h9H,8H2,1-7H3,(H,15,16,17). The van der Waals surface area contributed by atoms with Crippen molar-refractivity contribution in [3.8, 4) is 0 Å². The zero-order chi connectivity index (χ0) is 13.9. The highest BCUT2D eigenvalue weighted by Crippen LogP contribution is 2.35. The van der Waals surface area contributed by atoms with Crippen LogP contribution in [0.25, 0.3) is 0 Å². The third-order valence-corrected chi connectivity index (χ3v) is 3.59. The second-order valence-corrected chi connectivity index (χ2v) is 7.58. The predicted molar refractivity (Wildman–Crippen MR) is 80.6 cm³/mol. The smallest absolute Gasteiger partial charge is 0.134 e. The average Bonchev–Trinajstić information content (AvgIpc) is 2.21. The number of rotatable bonds is 4. The van der Waals surface area contributed by atoms with Crippen LogP contribution in [0.15, 0.2) is 5.03 Å². The molecule has 1 aromatic heterocycles. The molecule has 1 N–H and O–H groups in total. The minimum Gasteiger partial charge on any atom is -0.370 e. The summed E-state index contributed by atoms with van der Waals surface area (Å²) >= 11 is 1.81. The summed E-state index contributed by atoms with van der Waals surface area (Å²) < 4.78 is 0.164. The molecule has 1 rings (SSSR count). The van der Waals surface area contributed by atoms with Crippen molar-refractivity contribution in [2.24, 2.45) is 0 Å². The number of nitrogens with one attached hydrogen (secondary N) is 1. The van der Waals surface area contributed by atoms with Crippen LogP contribution < -0.4 is 5.32 Å². The van der Waals surface area contributed by atoms with Gasteiger partial charge >= 0.3 is 0 Å². The summed E-state index contributed by atoms with van der Waals surface area (Å²) in [7, 11) is 0. The Bertz CT molecular complexity index is 408. The maximum atomic E-state index is 4.71. The van der Waals surface area contributed by atoms with E-state index in [9.17, 15) is 0 Å². The van der Waals surface area contributed by atoms with Gasteiger partial charge in [-0.1, -0.05) is 34.6 Å². The van der Waals surface area contributed by atoms with Crippen LogP contribution in [0.2, 0.25) is 0 Å². The highest BCUT2D eigenvalue weighted by Gasteiger charge is 2.19. The van der Waals surface area contributed by atoms with E-state index in [0.717, 1.165) is 28.8 Å². The predicted octanol–water partition coefficient (Wildman–Crippen LogP) is 4.23. The Morgan fingerprint density at radius 3 is 2.28 bits per heavy atom. The molecule has 0 spiro atoms. The maximum absolute atomic E-state index is 4.71. The molecule has 0 aliphatic rings. The quantitative estimate of drug-likeness (QED) is 0.654. The molecule has 0 amide bonds. The van der Waals surface area contributed by atoms with Crippen LogP contribution in [0.4, 0.5) is 5.82 Å². The second-order valence-electron chi connectivity index (χ2n) is 5.76. The second kappa shape index (κ2) is 5.91. The van der Waals surface area contributed by atoms with Crippen molar-refractivity contribution >= 4 is 17.6 Å². The van der Waals surface area contributed by atoms with Gasteiger partial charge in [0, 0.05) is 22.8 Å². The molecule has 0 aromatic carbocycles. The lowest BCUT2D eigenvalue weighted by molar-refractivity contribution is 0.741. The van der Waals surface area contributed by atoms with Gasteiger partial charge in [-0.2, -0.15) is 0 Å². The summed E-state index contributed by atoms with van der Waals surface area (Å²) in [6, 6.07) is 0. The molecule has 3 nitrogen and oxygen atoms in total. The van der Waals surface area contributed by atoms with Crippen molar-refractivity contribution in [3.63, 3.8) is 0 Å². The molecule has 4 heteroatoms. The minimum atomic E-state index is 0.164. The number of nitrogens with zero attached hydrogens (tertiary/aromatic N) is 2. The number of anilines is 1. The van der Waals surface area contributed by atoms with Gasteiger partial charge in [-0.05, 0) is 13.8 Å². The fourth-order valence-corrected chi connectivity index (χ4v) is 2.47. The van der Waals surface area contributed by atoms with E-state index in [1.54, 1.807) is 0 Å². The number of thioether (sulfide) groups is 1. The molecule has 0 aliphatic heterocycles. The van der Waals surface area contributed by atoms with Gasteiger partial charge in [0.25, 0.3) is 0 Å². The fraction of sp³-hybridized carbons (Fsp3) is 0.714. The lowest BCUT2D eigenvalue weighted by atomic mass is 10.2.